The Morgan fingerprint density at radius 1 is 1.27 bits per heavy atom. The van der Waals surface area contributed by atoms with Crippen LogP contribution in [0.25, 0.3) is 0 Å². The SMILES string of the molecule is COc1cc(CNCCCSc2nnnn2C)cc(Br)c1OCc1cccnc1.Cl. The zero-order valence-corrected chi connectivity index (χ0v) is 20.0. The van der Waals surface area contributed by atoms with Gasteiger partial charge in [-0.05, 0) is 63.1 Å². The van der Waals surface area contributed by atoms with Gasteiger partial charge in [0, 0.05) is 37.3 Å². The van der Waals surface area contributed by atoms with Gasteiger partial charge in [-0.25, -0.2) is 4.68 Å². The number of aryl methyl sites for hydroxylation is 1. The van der Waals surface area contributed by atoms with E-state index in [1.54, 1.807) is 35.9 Å². The molecule has 3 aromatic rings. The monoisotopic (exact) mass is 514 g/mol. The van der Waals surface area contributed by atoms with Crippen LogP contribution in [0, 0.1) is 0 Å². The second kappa shape index (κ2) is 12.7. The summed E-state index contributed by atoms with van der Waals surface area (Å²) in [7, 11) is 3.49. The molecule has 1 N–H and O–H groups in total. The predicted molar refractivity (Wildman–Crippen MR) is 122 cm³/mol. The second-order valence-electron chi connectivity index (χ2n) is 6.22. The molecule has 0 saturated carbocycles. The molecule has 0 radical (unpaired) electrons. The Labute approximate surface area is 194 Å². The molecule has 162 valence electrons. The highest BCUT2D eigenvalue weighted by molar-refractivity contribution is 9.10. The lowest BCUT2D eigenvalue weighted by Gasteiger charge is -2.15. The van der Waals surface area contributed by atoms with Crippen molar-refractivity contribution in [1.82, 2.24) is 30.5 Å². The molecule has 2 aromatic heterocycles. The van der Waals surface area contributed by atoms with E-state index in [1.165, 1.54) is 0 Å². The summed E-state index contributed by atoms with van der Waals surface area (Å²) in [5, 5.41) is 15.7. The first-order valence-corrected chi connectivity index (χ1v) is 10.9. The van der Waals surface area contributed by atoms with Crippen molar-refractivity contribution >= 4 is 40.1 Å². The van der Waals surface area contributed by atoms with Crippen molar-refractivity contribution in [2.45, 2.75) is 24.7 Å². The average molecular weight is 516 g/mol. The van der Waals surface area contributed by atoms with Gasteiger partial charge in [-0.1, -0.05) is 17.8 Å². The normalized spacial score (nSPS) is 10.5. The van der Waals surface area contributed by atoms with Crippen molar-refractivity contribution in [3.05, 3.63) is 52.3 Å². The van der Waals surface area contributed by atoms with E-state index in [1.807, 2.05) is 31.3 Å². The van der Waals surface area contributed by atoms with Gasteiger partial charge >= 0.3 is 0 Å². The fourth-order valence-corrected chi connectivity index (χ4v) is 3.98. The van der Waals surface area contributed by atoms with Crippen molar-refractivity contribution < 1.29 is 9.47 Å². The Bertz CT molecular complexity index is 915. The van der Waals surface area contributed by atoms with E-state index in [0.717, 1.165) is 46.0 Å². The van der Waals surface area contributed by atoms with Gasteiger partial charge in [0.1, 0.15) is 6.61 Å². The summed E-state index contributed by atoms with van der Waals surface area (Å²) in [5.74, 6) is 2.34. The molecular weight excluding hydrogens is 492 g/mol. The molecule has 0 fully saturated rings. The molecular formula is C19H24BrClN6O2S. The molecule has 3 rings (SSSR count). The van der Waals surface area contributed by atoms with Crippen molar-refractivity contribution in [2.75, 3.05) is 19.4 Å². The Balaban J connectivity index is 0.00000320. The van der Waals surface area contributed by atoms with Crippen LogP contribution in [0.3, 0.4) is 0 Å². The third-order valence-electron chi connectivity index (χ3n) is 4.03. The fourth-order valence-electron chi connectivity index (χ4n) is 2.59. The standard InChI is InChI=1S/C19H23BrN6O2S.ClH/c1-26-19(23-24-25-26)29-8-4-7-22-12-15-9-16(20)18(17(10-15)27-2)28-13-14-5-3-6-21-11-14;/h3,5-6,9-11,22H,4,7-8,12-13H2,1-2H3;1H. The maximum Gasteiger partial charge on any atom is 0.209 e. The molecule has 0 bridgehead atoms. The van der Waals surface area contributed by atoms with Gasteiger partial charge in [0.2, 0.25) is 5.16 Å². The summed E-state index contributed by atoms with van der Waals surface area (Å²) in [6.07, 6.45) is 4.55. The zero-order chi connectivity index (χ0) is 20.5. The van der Waals surface area contributed by atoms with Crippen LogP contribution in [0.1, 0.15) is 17.5 Å². The number of nitrogens with one attached hydrogen (secondary N) is 1. The van der Waals surface area contributed by atoms with Crippen LogP contribution in [0.2, 0.25) is 0 Å². The molecule has 0 amide bonds. The highest BCUT2D eigenvalue weighted by Gasteiger charge is 2.12. The molecule has 0 saturated heterocycles. The van der Waals surface area contributed by atoms with Crippen molar-refractivity contribution in [2.24, 2.45) is 7.05 Å². The van der Waals surface area contributed by atoms with Gasteiger partial charge in [0.05, 0.1) is 11.6 Å². The number of tetrazole rings is 1. The van der Waals surface area contributed by atoms with E-state index in [0.29, 0.717) is 18.1 Å². The Morgan fingerprint density at radius 2 is 2.13 bits per heavy atom. The second-order valence-corrected chi connectivity index (χ2v) is 8.14. The number of pyridine rings is 1. The predicted octanol–water partition coefficient (Wildman–Crippen LogP) is 3.65. The van der Waals surface area contributed by atoms with Gasteiger partial charge in [0.15, 0.2) is 11.5 Å². The summed E-state index contributed by atoms with van der Waals surface area (Å²) in [6.45, 7) is 2.07. The molecule has 11 heteroatoms. The fraction of sp³-hybridized carbons (Fsp3) is 0.368. The molecule has 0 unspecified atom stereocenters. The van der Waals surface area contributed by atoms with E-state index >= 15 is 0 Å². The van der Waals surface area contributed by atoms with Crippen LogP contribution in [0.5, 0.6) is 11.5 Å². The molecule has 1 aromatic carbocycles. The Hall–Kier alpha value is -1.88. The first-order chi connectivity index (χ1) is 14.2. The molecule has 0 atom stereocenters. The highest BCUT2D eigenvalue weighted by atomic mass is 79.9. The number of halogens is 2. The van der Waals surface area contributed by atoms with Crippen LogP contribution >= 0.6 is 40.1 Å². The molecule has 0 spiro atoms. The maximum atomic E-state index is 5.95. The Kier molecular flexibility index (Phi) is 10.4. The summed E-state index contributed by atoms with van der Waals surface area (Å²) < 4.78 is 14.0. The van der Waals surface area contributed by atoms with Crippen molar-refractivity contribution in [3.63, 3.8) is 0 Å². The lowest BCUT2D eigenvalue weighted by atomic mass is 10.2. The van der Waals surface area contributed by atoms with E-state index in [4.69, 9.17) is 9.47 Å². The van der Waals surface area contributed by atoms with Crippen LogP contribution < -0.4 is 14.8 Å². The summed E-state index contributed by atoms with van der Waals surface area (Å²) in [4.78, 5) is 4.11. The lowest BCUT2D eigenvalue weighted by molar-refractivity contribution is 0.282. The molecule has 0 aliphatic heterocycles. The molecule has 8 nitrogen and oxygen atoms in total. The molecule has 0 aliphatic carbocycles. The largest absolute Gasteiger partial charge is 0.493 e. The average Bonchev–Trinajstić information content (AvgIpc) is 3.14. The van der Waals surface area contributed by atoms with Gasteiger partial charge in [0.25, 0.3) is 0 Å². The summed E-state index contributed by atoms with van der Waals surface area (Å²) in [6, 6.07) is 7.91. The summed E-state index contributed by atoms with van der Waals surface area (Å²) >= 11 is 5.25. The lowest BCUT2D eigenvalue weighted by Crippen LogP contribution is -2.15. The molecule has 0 aliphatic rings. The van der Waals surface area contributed by atoms with Gasteiger partial charge in [-0.2, -0.15) is 0 Å². The minimum atomic E-state index is 0. The van der Waals surface area contributed by atoms with Crippen molar-refractivity contribution in [3.8, 4) is 11.5 Å². The topological polar surface area (TPSA) is 87.0 Å². The number of nitrogens with zero attached hydrogens (tertiary/aromatic N) is 5. The third-order valence-corrected chi connectivity index (χ3v) is 5.72. The first kappa shape index (κ1) is 24.4. The van der Waals surface area contributed by atoms with Crippen LogP contribution in [0.15, 0.2) is 46.3 Å². The number of rotatable bonds is 11. The minimum absolute atomic E-state index is 0. The van der Waals surface area contributed by atoms with Gasteiger partial charge < -0.3 is 14.8 Å². The number of ether oxygens (including phenoxy) is 2. The van der Waals surface area contributed by atoms with Gasteiger partial charge in [-0.3, -0.25) is 4.98 Å². The van der Waals surface area contributed by atoms with Crippen LogP contribution in [0.4, 0.5) is 0 Å². The summed E-state index contributed by atoms with van der Waals surface area (Å²) in [5.41, 5.74) is 2.12. The van der Waals surface area contributed by atoms with E-state index in [2.05, 4.69) is 41.8 Å². The number of benzene rings is 1. The number of methoxy groups -OCH3 is 1. The van der Waals surface area contributed by atoms with Gasteiger partial charge in [-0.15, -0.1) is 17.5 Å². The van der Waals surface area contributed by atoms with Crippen LogP contribution in [-0.4, -0.2) is 44.6 Å². The highest BCUT2D eigenvalue weighted by Crippen LogP contribution is 2.37. The van der Waals surface area contributed by atoms with E-state index < -0.39 is 0 Å². The third kappa shape index (κ3) is 7.12. The smallest absolute Gasteiger partial charge is 0.209 e. The Morgan fingerprint density at radius 3 is 2.83 bits per heavy atom. The number of thioether (sulfide) groups is 1. The first-order valence-electron chi connectivity index (χ1n) is 9.11. The molecule has 2 heterocycles. The van der Waals surface area contributed by atoms with E-state index in [-0.39, 0.29) is 12.4 Å². The maximum absolute atomic E-state index is 5.95. The number of hydrogen-bond donors (Lipinski definition) is 1. The number of aromatic nitrogens is 5. The minimum Gasteiger partial charge on any atom is -0.493 e. The zero-order valence-electron chi connectivity index (χ0n) is 16.7. The molecule has 30 heavy (non-hydrogen) atoms. The van der Waals surface area contributed by atoms with Crippen LogP contribution in [-0.2, 0) is 20.2 Å². The quantitative estimate of drug-likeness (QED) is 0.306. The number of hydrogen-bond acceptors (Lipinski definition) is 8. The van der Waals surface area contributed by atoms with Crippen molar-refractivity contribution in [1.29, 1.82) is 0 Å². The van der Waals surface area contributed by atoms with E-state index in [9.17, 15) is 0 Å².